The first-order valence-electron chi connectivity index (χ1n) is 6.30. The molecule has 8 nitrogen and oxygen atoms in total. The molecule has 2 rings (SSSR count). The number of esters is 1. The first-order chi connectivity index (χ1) is 9.45. The van der Waals surface area contributed by atoms with Gasteiger partial charge in [-0.05, 0) is 20.8 Å². The Kier molecular flexibility index (Phi) is 3.73. The summed E-state index contributed by atoms with van der Waals surface area (Å²) in [5.41, 5.74) is 7.12. The summed E-state index contributed by atoms with van der Waals surface area (Å²) in [6.45, 7) is 6.06. The van der Waals surface area contributed by atoms with Crippen molar-refractivity contribution in [2.75, 3.05) is 5.73 Å². The molecule has 2 N–H and O–H groups in total. The highest BCUT2D eigenvalue weighted by atomic mass is 16.5. The molecule has 108 valence electrons. The first-order valence-corrected chi connectivity index (χ1v) is 6.30. The summed E-state index contributed by atoms with van der Waals surface area (Å²) >= 11 is 0. The molecule has 2 heterocycles. The Morgan fingerprint density at radius 3 is 2.60 bits per heavy atom. The van der Waals surface area contributed by atoms with Crippen molar-refractivity contribution in [3.63, 3.8) is 0 Å². The normalized spacial score (nSPS) is 10.8. The van der Waals surface area contributed by atoms with Crippen molar-refractivity contribution in [1.29, 1.82) is 0 Å². The van der Waals surface area contributed by atoms with Gasteiger partial charge in [-0.25, -0.2) is 4.79 Å². The van der Waals surface area contributed by atoms with Gasteiger partial charge in [0.15, 0.2) is 18.1 Å². The predicted molar refractivity (Wildman–Crippen MR) is 71.9 cm³/mol. The van der Waals surface area contributed by atoms with Crippen LogP contribution in [0.2, 0.25) is 0 Å². The van der Waals surface area contributed by atoms with E-state index in [1.807, 2.05) is 20.9 Å². The lowest BCUT2D eigenvalue weighted by Crippen LogP contribution is -2.15. The molecule has 0 fully saturated rings. The second-order valence-electron chi connectivity index (χ2n) is 4.46. The number of hydrogen-bond acceptors (Lipinski definition) is 6. The van der Waals surface area contributed by atoms with Crippen LogP contribution in [0.1, 0.15) is 34.8 Å². The summed E-state index contributed by atoms with van der Waals surface area (Å²) in [4.78, 5) is 12.1. The summed E-state index contributed by atoms with van der Waals surface area (Å²) in [6, 6.07) is 0. The maximum atomic E-state index is 12.1. The summed E-state index contributed by atoms with van der Waals surface area (Å²) in [6.07, 6.45) is 0. The molecule has 0 bridgehead atoms. The minimum Gasteiger partial charge on any atom is -0.453 e. The van der Waals surface area contributed by atoms with Crippen LogP contribution in [0.25, 0.3) is 0 Å². The van der Waals surface area contributed by atoms with Crippen molar-refractivity contribution in [1.82, 2.24) is 24.5 Å². The van der Waals surface area contributed by atoms with E-state index >= 15 is 0 Å². The number of aryl methyl sites for hydroxylation is 3. The first kappa shape index (κ1) is 14.0. The third-order valence-electron chi connectivity index (χ3n) is 3.18. The van der Waals surface area contributed by atoms with E-state index in [9.17, 15) is 4.79 Å². The van der Waals surface area contributed by atoms with E-state index in [2.05, 4.69) is 15.3 Å². The standard InChI is InChI=1S/C12H18N6O2/c1-5-18-11(10(13)7(2)16-18)12(19)20-6-9-15-14-8(3)17(9)4/h5-6,13H2,1-4H3. The minimum atomic E-state index is -0.509. The molecule has 0 aliphatic heterocycles. The van der Waals surface area contributed by atoms with Crippen LogP contribution < -0.4 is 5.73 Å². The van der Waals surface area contributed by atoms with Gasteiger partial charge in [0.05, 0.1) is 11.4 Å². The van der Waals surface area contributed by atoms with Gasteiger partial charge in [0, 0.05) is 13.6 Å². The van der Waals surface area contributed by atoms with Gasteiger partial charge in [-0.3, -0.25) is 4.68 Å². The fraction of sp³-hybridized carbons (Fsp3) is 0.500. The van der Waals surface area contributed by atoms with E-state index in [-0.39, 0.29) is 12.3 Å². The van der Waals surface area contributed by atoms with Gasteiger partial charge < -0.3 is 15.0 Å². The van der Waals surface area contributed by atoms with Gasteiger partial charge in [0.2, 0.25) is 0 Å². The van der Waals surface area contributed by atoms with Crippen LogP contribution in [-0.4, -0.2) is 30.5 Å². The molecule has 0 unspecified atom stereocenters. The fourth-order valence-electron chi connectivity index (χ4n) is 1.81. The van der Waals surface area contributed by atoms with Crippen molar-refractivity contribution >= 4 is 11.7 Å². The molecule has 8 heteroatoms. The SMILES string of the molecule is CCn1nc(C)c(N)c1C(=O)OCc1nnc(C)n1C. The molecule has 20 heavy (non-hydrogen) atoms. The monoisotopic (exact) mass is 278 g/mol. The van der Waals surface area contributed by atoms with Crippen molar-refractivity contribution in [3.05, 3.63) is 23.0 Å². The summed E-state index contributed by atoms with van der Waals surface area (Å²) in [5.74, 6) is 0.823. The van der Waals surface area contributed by atoms with E-state index in [4.69, 9.17) is 10.5 Å². The highest BCUT2D eigenvalue weighted by Gasteiger charge is 2.21. The van der Waals surface area contributed by atoms with Gasteiger partial charge in [0.25, 0.3) is 0 Å². The van der Waals surface area contributed by atoms with Crippen LogP contribution in [0.5, 0.6) is 0 Å². The Morgan fingerprint density at radius 1 is 1.35 bits per heavy atom. The summed E-state index contributed by atoms with van der Waals surface area (Å²) in [7, 11) is 1.81. The zero-order valence-corrected chi connectivity index (χ0v) is 12.0. The van der Waals surface area contributed by atoms with E-state index in [1.54, 1.807) is 11.5 Å². The lowest BCUT2D eigenvalue weighted by molar-refractivity contribution is 0.0445. The molecule has 0 aromatic carbocycles. The average molecular weight is 278 g/mol. The highest BCUT2D eigenvalue weighted by molar-refractivity contribution is 5.93. The molecule has 0 atom stereocenters. The third kappa shape index (κ3) is 2.36. The zero-order valence-electron chi connectivity index (χ0n) is 12.0. The largest absolute Gasteiger partial charge is 0.453 e. The Labute approximate surface area is 116 Å². The van der Waals surface area contributed by atoms with Crippen LogP contribution in [0.3, 0.4) is 0 Å². The molecule has 0 amide bonds. The van der Waals surface area contributed by atoms with E-state index < -0.39 is 5.97 Å². The molecule has 2 aromatic heterocycles. The molecule has 0 saturated heterocycles. The molecule has 2 aromatic rings. The lowest BCUT2D eigenvalue weighted by Gasteiger charge is -2.07. The number of nitrogen functional groups attached to an aromatic ring is 1. The number of aromatic nitrogens is 5. The second kappa shape index (κ2) is 5.32. The average Bonchev–Trinajstić information content (AvgIpc) is 2.89. The fourth-order valence-corrected chi connectivity index (χ4v) is 1.81. The summed E-state index contributed by atoms with van der Waals surface area (Å²) in [5, 5.41) is 12.0. The van der Waals surface area contributed by atoms with Gasteiger partial charge in [-0.2, -0.15) is 5.10 Å². The summed E-state index contributed by atoms with van der Waals surface area (Å²) < 4.78 is 8.54. The molecule has 0 spiro atoms. The number of anilines is 1. The number of ether oxygens (including phenoxy) is 1. The zero-order chi connectivity index (χ0) is 14.9. The van der Waals surface area contributed by atoms with E-state index in [0.717, 1.165) is 5.82 Å². The second-order valence-corrected chi connectivity index (χ2v) is 4.46. The number of hydrogen-bond donors (Lipinski definition) is 1. The maximum absolute atomic E-state index is 12.1. The molecular weight excluding hydrogens is 260 g/mol. The molecular formula is C12H18N6O2. The van der Waals surface area contributed by atoms with Crippen LogP contribution in [-0.2, 0) is 24.9 Å². The van der Waals surface area contributed by atoms with Gasteiger partial charge in [-0.15, -0.1) is 10.2 Å². The molecule has 0 aliphatic carbocycles. The van der Waals surface area contributed by atoms with E-state index in [1.165, 1.54) is 4.68 Å². The third-order valence-corrected chi connectivity index (χ3v) is 3.18. The van der Waals surface area contributed by atoms with Gasteiger partial charge >= 0.3 is 5.97 Å². The Bertz CT molecular complexity index is 643. The molecule has 0 radical (unpaired) electrons. The Balaban J connectivity index is 2.15. The van der Waals surface area contributed by atoms with Crippen molar-refractivity contribution in [2.24, 2.45) is 7.05 Å². The molecule has 0 saturated carbocycles. The Hall–Kier alpha value is -2.38. The van der Waals surface area contributed by atoms with Crippen molar-refractivity contribution < 1.29 is 9.53 Å². The van der Waals surface area contributed by atoms with Gasteiger partial charge in [0.1, 0.15) is 5.82 Å². The topological polar surface area (TPSA) is 101 Å². The van der Waals surface area contributed by atoms with Crippen LogP contribution in [0.4, 0.5) is 5.69 Å². The highest BCUT2D eigenvalue weighted by Crippen LogP contribution is 2.18. The number of carbonyl (C=O) groups excluding carboxylic acids is 1. The van der Waals surface area contributed by atoms with Crippen LogP contribution in [0, 0.1) is 13.8 Å². The number of nitrogens with two attached hydrogens (primary N) is 1. The quantitative estimate of drug-likeness (QED) is 0.821. The Morgan fingerprint density at radius 2 is 2.05 bits per heavy atom. The van der Waals surface area contributed by atoms with Crippen LogP contribution >= 0.6 is 0 Å². The van der Waals surface area contributed by atoms with Crippen LogP contribution in [0.15, 0.2) is 0 Å². The van der Waals surface area contributed by atoms with Gasteiger partial charge in [-0.1, -0.05) is 0 Å². The predicted octanol–water partition coefficient (Wildman–Crippen LogP) is 0.588. The smallest absolute Gasteiger partial charge is 0.359 e. The van der Waals surface area contributed by atoms with Crippen molar-refractivity contribution in [2.45, 2.75) is 33.9 Å². The number of nitrogens with zero attached hydrogens (tertiary/aromatic N) is 5. The number of carbonyl (C=O) groups is 1. The maximum Gasteiger partial charge on any atom is 0.359 e. The van der Waals surface area contributed by atoms with Crippen molar-refractivity contribution in [3.8, 4) is 0 Å². The van der Waals surface area contributed by atoms with E-state index in [0.29, 0.717) is 23.8 Å². The minimum absolute atomic E-state index is 0.0452. The molecule has 0 aliphatic rings. The lowest BCUT2D eigenvalue weighted by atomic mass is 10.3. The number of rotatable bonds is 4.